The summed E-state index contributed by atoms with van der Waals surface area (Å²) in [5.41, 5.74) is 8.91. The van der Waals surface area contributed by atoms with Gasteiger partial charge >= 0.3 is 0 Å². The lowest BCUT2D eigenvalue weighted by molar-refractivity contribution is 0.249. The zero-order valence-electron chi connectivity index (χ0n) is 10.3. The molecule has 1 aliphatic carbocycles. The molecule has 1 saturated carbocycles. The first-order chi connectivity index (χ1) is 7.66. The minimum Gasteiger partial charge on any atom is -0.493 e. The third-order valence-electron chi connectivity index (χ3n) is 3.42. The molecular formula is C14H21NO. The van der Waals surface area contributed by atoms with Gasteiger partial charge in [0.05, 0.1) is 6.61 Å². The van der Waals surface area contributed by atoms with E-state index in [1.54, 1.807) is 0 Å². The van der Waals surface area contributed by atoms with Gasteiger partial charge in [0, 0.05) is 5.69 Å². The largest absolute Gasteiger partial charge is 0.493 e. The van der Waals surface area contributed by atoms with Crippen LogP contribution in [0.5, 0.6) is 5.75 Å². The lowest BCUT2D eigenvalue weighted by Gasteiger charge is -2.15. The van der Waals surface area contributed by atoms with Crippen molar-refractivity contribution in [1.82, 2.24) is 0 Å². The molecule has 1 fully saturated rings. The molecule has 0 aliphatic heterocycles. The number of benzene rings is 1. The van der Waals surface area contributed by atoms with Crippen molar-refractivity contribution in [2.75, 3.05) is 12.3 Å². The Hall–Kier alpha value is -1.18. The summed E-state index contributed by atoms with van der Waals surface area (Å²) in [7, 11) is 0. The van der Waals surface area contributed by atoms with Crippen molar-refractivity contribution in [3.8, 4) is 5.75 Å². The van der Waals surface area contributed by atoms with Gasteiger partial charge in [-0.3, -0.25) is 0 Å². The van der Waals surface area contributed by atoms with Crippen molar-refractivity contribution in [1.29, 1.82) is 0 Å². The van der Waals surface area contributed by atoms with Crippen LogP contribution in [-0.2, 0) is 0 Å². The third-order valence-corrected chi connectivity index (χ3v) is 3.42. The molecule has 0 unspecified atom stereocenters. The SMILES string of the molecule is Cc1cc(N)cc(C)c1OCC1CCCC1. The van der Waals surface area contributed by atoms with Crippen LogP contribution in [0.4, 0.5) is 5.69 Å². The summed E-state index contributed by atoms with van der Waals surface area (Å²) in [4.78, 5) is 0. The van der Waals surface area contributed by atoms with Crippen molar-refractivity contribution < 1.29 is 4.74 Å². The molecule has 0 aromatic heterocycles. The van der Waals surface area contributed by atoms with E-state index in [9.17, 15) is 0 Å². The highest BCUT2D eigenvalue weighted by Crippen LogP contribution is 2.29. The van der Waals surface area contributed by atoms with Crippen molar-refractivity contribution >= 4 is 5.69 Å². The van der Waals surface area contributed by atoms with E-state index in [0.29, 0.717) is 0 Å². The molecule has 0 atom stereocenters. The average molecular weight is 219 g/mol. The first-order valence-electron chi connectivity index (χ1n) is 6.16. The van der Waals surface area contributed by atoms with Gasteiger partial charge in [0.1, 0.15) is 5.75 Å². The van der Waals surface area contributed by atoms with Crippen molar-refractivity contribution in [3.63, 3.8) is 0 Å². The maximum atomic E-state index is 5.95. The van der Waals surface area contributed by atoms with E-state index in [4.69, 9.17) is 10.5 Å². The van der Waals surface area contributed by atoms with E-state index in [1.807, 2.05) is 12.1 Å². The Morgan fingerprint density at radius 1 is 1.19 bits per heavy atom. The van der Waals surface area contributed by atoms with Gasteiger partial charge in [-0.05, 0) is 55.9 Å². The molecule has 1 aromatic carbocycles. The second kappa shape index (κ2) is 4.77. The molecule has 2 nitrogen and oxygen atoms in total. The number of hydrogen-bond acceptors (Lipinski definition) is 2. The lowest BCUT2D eigenvalue weighted by Crippen LogP contribution is -2.09. The van der Waals surface area contributed by atoms with Gasteiger partial charge in [-0.15, -0.1) is 0 Å². The zero-order valence-corrected chi connectivity index (χ0v) is 10.3. The van der Waals surface area contributed by atoms with Crippen molar-refractivity contribution in [3.05, 3.63) is 23.3 Å². The summed E-state index contributed by atoms with van der Waals surface area (Å²) in [5, 5.41) is 0. The Balaban J connectivity index is 2.03. The summed E-state index contributed by atoms with van der Waals surface area (Å²) in [6.45, 7) is 4.99. The zero-order chi connectivity index (χ0) is 11.5. The standard InChI is InChI=1S/C14H21NO/c1-10-7-13(15)8-11(2)14(10)16-9-12-5-3-4-6-12/h7-8,12H,3-6,9,15H2,1-2H3. The molecule has 0 radical (unpaired) electrons. The van der Waals surface area contributed by atoms with Gasteiger partial charge in [-0.25, -0.2) is 0 Å². The Bertz CT molecular complexity index is 344. The first kappa shape index (κ1) is 11.3. The Morgan fingerprint density at radius 2 is 1.75 bits per heavy atom. The molecule has 1 aromatic rings. The van der Waals surface area contributed by atoms with Crippen LogP contribution in [-0.4, -0.2) is 6.61 Å². The maximum Gasteiger partial charge on any atom is 0.125 e. The van der Waals surface area contributed by atoms with Crippen LogP contribution >= 0.6 is 0 Å². The molecule has 0 spiro atoms. The lowest BCUT2D eigenvalue weighted by atomic mass is 10.1. The highest BCUT2D eigenvalue weighted by atomic mass is 16.5. The van der Waals surface area contributed by atoms with E-state index in [2.05, 4.69) is 13.8 Å². The van der Waals surface area contributed by atoms with E-state index in [0.717, 1.165) is 35.1 Å². The Morgan fingerprint density at radius 3 is 2.31 bits per heavy atom. The minimum absolute atomic E-state index is 0.761. The average Bonchev–Trinajstić information content (AvgIpc) is 2.68. The van der Waals surface area contributed by atoms with Gasteiger partial charge in [0.2, 0.25) is 0 Å². The number of nitrogens with two attached hydrogens (primary N) is 1. The van der Waals surface area contributed by atoms with Crippen LogP contribution in [0.1, 0.15) is 36.8 Å². The predicted octanol–water partition coefficient (Wildman–Crippen LogP) is 3.45. The molecule has 1 aliphatic rings. The van der Waals surface area contributed by atoms with Gasteiger partial charge in [0.15, 0.2) is 0 Å². The van der Waals surface area contributed by atoms with Crippen LogP contribution in [0, 0.1) is 19.8 Å². The molecule has 0 heterocycles. The van der Waals surface area contributed by atoms with Crippen LogP contribution in [0.3, 0.4) is 0 Å². The Kier molecular flexibility index (Phi) is 3.37. The molecule has 88 valence electrons. The van der Waals surface area contributed by atoms with Gasteiger partial charge in [-0.1, -0.05) is 12.8 Å². The highest BCUT2D eigenvalue weighted by molar-refractivity contribution is 5.52. The topological polar surface area (TPSA) is 35.2 Å². The van der Waals surface area contributed by atoms with E-state index in [-0.39, 0.29) is 0 Å². The molecule has 2 heteroatoms. The molecule has 2 rings (SSSR count). The highest BCUT2D eigenvalue weighted by Gasteiger charge is 2.16. The van der Waals surface area contributed by atoms with Gasteiger partial charge < -0.3 is 10.5 Å². The van der Waals surface area contributed by atoms with Crippen LogP contribution in [0.25, 0.3) is 0 Å². The van der Waals surface area contributed by atoms with Crippen LogP contribution in [0.15, 0.2) is 12.1 Å². The quantitative estimate of drug-likeness (QED) is 0.790. The monoisotopic (exact) mass is 219 g/mol. The number of ether oxygens (including phenoxy) is 1. The summed E-state index contributed by atoms with van der Waals surface area (Å²) in [5.74, 6) is 1.79. The van der Waals surface area contributed by atoms with Gasteiger partial charge in [0.25, 0.3) is 0 Å². The van der Waals surface area contributed by atoms with Crippen molar-refractivity contribution in [2.45, 2.75) is 39.5 Å². The number of nitrogen functional groups attached to an aromatic ring is 1. The molecule has 0 bridgehead atoms. The number of aryl methyl sites for hydroxylation is 2. The molecule has 2 N–H and O–H groups in total. The normalized spacial score (nSPS) is 16.6. The van der Waals surface area contributed by atoms with E-state index < -0.39 is 0 Å². The Labute approximate surface area is 97.8 Å². The molecule has 16 heavy (non-hydrogen) atoms. The minimum atomic E-state index is 0.761. The smallest absolute Gasteiger partial charge is 0.125 e. The van der Waals surface area contributed by atoms with Gasteiger partial charge in [-0.2, -0.15) is 0 Å². The summed E-state index contributed by atoms with van der Waals surface area (Å²) in [6, 6.07) is 3.97. The fourth-order valence-electron chi connectivity index (χ4n) is 2.59. The summed E-state index contributed by atoms with van der Waals surface area (Å²) < 4.78 is 5.95. The fraction of sp³-hybridized carbons (Fsp3) is 0.571. The molecule has 0 saturated heterocycles. The number of hydrogen-bond donors (Lipinski definition) is 1. The number of anilines is 1. The number of rotatable bonds is 3. The first-order valence-corrected chi connectivity index (χ1v) is 6.16. The second-order valence-corrected chi connectivity index (χ2v) is 4.95. The van der Waals surface area contributed by atoms with E-state index in [1.165, 1.54) is 25.7 Å². The molecular weight excluding hydrogens is 198 g/mol. The third kappa shape index (κ3) is 2.49. The van der Waals surface area contributed by atoms with Crippen LogP contribution in [0.2, 0.25) is 0 Å². The summed E-state index contributed by atoms with van der Waals surface area (Å²) in [6.07, 6.45) is 5.39. The second-order valence-electron chi connectivity index (χ2n) is 4.95. The predicted molar refractivity (Wildman–Crippen MR) is 67.8 cm³/mol. The van der Waals surface area contributed by atoms with Crippen molar-refractivity contribution in [2.24, 2.45) is 5.92 Å². The fourth-order valence-corrected chi connectivity index (χ4v) is 2.59. The van der Waals surface area contributed by atoms with E-state index >= 15 is 0 Å². The maximum absolute atomic E-state index is 5.95. The summed E-state index contributed by atoms with van der Waals surface area (Å²) >= 11 is 0. The van der Waals surface area contributed by atoms with Crippen LogP contribution < -0.4 is 10.5 Å². The molecule has 0 amide bonds.